The molecule has 0 aromatic heterocycles. The summed E-state index contributed by atoms with van der Waals surface area (Å²) in [5.74, 6) is 0. The average molecular weight is 397 g/mol. The maximum Gasteiger partial charge on any atom is 0.410 e. The van der Waals surface area contributed by atoms with Gasteiger partial charge in [0.25, 0.3) is 0 Å². The summed E-state index contributed by atoms with van der Waals surface area (Å²) < 4.78 is 10.5. The van der Waals surface area contributed by atoms with Gasteiger partial charge in [0.05, 0.1) is 0 Å². The van der Waals surface area contributed by atoms with E-state index in [0.29, 0.717) is 13.0 Å². The molecule has 1 atom stereocenters. The number of carbonyl (C=O) groups is 2. The third kappa shape index (κ3) is 12.2. The van der Waals surface area contributed by atoms with Gasteiger partial charge in [0.15, 0.2) is 0 Å². The number of rotatable bonds is 8. The maximum absolute atomic E-state index is 12.3. The molecular weight excluding hydrogens is 360 g/mol. The highest BCUT2D eigenvalue weighted by Crippen LogP contribution is 2.11. The molecule has 1 rings (SSSR count). The molecule has 160 valence electrons. The predicted molar refractivity (Wildman–Crippen MR) is 110 cm³/mol. The first-order valence-electron chi connectivity index (χ1n) is 9.77. The van der Waals surface area contributed by atoms with Crippen LogP contribution >= 0.6 is 0 Å². The van der Waals surface area contributed by atoms with Gasteiger partial charge < -0.3 is 24.8 Å². The van der Waals surface area contributed by atoms with E-state index < -0.39 is 17.8 Å². The molecule has 0 unspecified atom stereocenters. The Bertz CT molecular complexity index is 558. The highest BCUT2D eigenvalue weighted by molar-refractivity contribution is 5.69. The maximum atomic E-state index is 12.3. The largest absolute Gasteiger partial charge is 0.445 e. The quantitative estimate of drug-likeness (QED) is 0.695. The predicted octanol–water partition coefficient (Wildman–Crippen LogP) is 3.95. The van der Waals surface area contributed by atoms with Gasteiger partial charge in [-0.15, -0.1) is 0 Å². The average Bonchev–Trinajstić information content (AvgIpc) is 2.64. The lowest BCUT2D eigenvalue weighted by Gasteiger charge is -2.29. The third-order valence-corrected chi connectivity index (χ3v) is 3.31. The Hall–Kier alpha value is -2.28. The third-order valence-electron chi connectivity index (χ3n) is 3.31. The van der Waals surface area contributed by atoms with Crippen molar-refractivity contribution < 1.29 is 24.2 Å². The van der Waals surface area contributed by atoms with Crippen LogP contribution in [0.2, 0.25) is 0 Å². The van der Waals surface area contributed by atoms with Crippen LogP contribution in [0.1, 0.15) is 53.5 Å². The Morgan fingerprint density at radius 1 is 1.18 bits per heavy atom. The number of aliphatic hydroxyl groups is 1. The Morgan fingerprint density at radius 3 is 2.32 bits per heavy atom. The van der Waals surface area contributed by atoms with Gasteiger partial charge in [0, 0.05) is 25.7 Å². The molecule has 7 nitrogen and oxygen atoms in total. The lowest BCUT2D eigenvalue weighted by Crippen LogP contribution is -2.46. The summed E-state index contributed by atoms with van der Waals surface area (Å²) in [4.78, 5) is 25.7. The zero-order valence-corrected chi connectivity index (χ0v) is 18.0. The molecule has 0 aliphatic heterocycles. The van der Waals surface area contributed by atoms with Gasteiger partial charge >= 0.3 is 12.2 Å². The van der Waals surface area contributed by atoms with E-state index in [2.05, 4.69) is 5.32 Å². The van der Waals surface area contributed by atoms with E-state index in [-0.39, 0.29) is 25.8 Å². The number of nitrogens with one attached hydrogen (secondary N) is 1. The van der Waals surface area contributed by atoms with Crippen molar-refractivity contribution in [2.45, 2.75) is 66.2 Å². The number of alkyl carbamates (subject to hydrolysis) is 1. The molecule has 0 aliphatic rings. The second-order valence-electron chi connectivity index (χ2n) is 7.11. The van der Waals surface area contributed by atoms with Gasteiger partial charge in [-0.25, -0.2) is 9.59 Å². The summed E-state index contributed by atoms with van der Waals surface area (Å²) >= 11 is 0. The fraction of sp³-hybridized carbons (Fsp3) is 0.619. The number of aliphatic hydroxyl groups excluding tert-OH is 1. The van der Waals surface area contributed by atoms with Crippen LogP contribution in [0, 0.1) is 0 Å². The molecule has 0 spiro atoms. The van der Waals surface area contributed by atoms with Gasteiger partial charge in [0.1, 0.15) is 12.2 Å². The summed E-state index contributed by atoms with van der Waals surface area (Å²) in [7, 11) is 0. The molecule has 7 heteroatoms. The minimum absolute atomic E-state index is 0.0276. The second kappa shape index (κ2) is 13.8. The molecule has 2 amide bonds. The summed E-state index contributed by atoms with van der Waals surface area (Å²) in [5, 5.41) is 11.7. The van der Waals surface area contributed by atoms with E-state index in [1.807, 2.05) is 44.2 Å². The number of ether oxygens (including phenoxy) is 2. The first kappa shape index (κ1) is 25.7. The monoisotopic (exact) mass is 396 g/mol. The summed E-state index contributed by atoms with van der Waals surface area (Å²) in [6, 6.07) is 9.05. The van der Waals surface area contributed by atoms with Crippen LogP contribution in [0.3, 0.4) is 0 Å². The molecule has 28 heavy (non-hydrogen) atoms. The smallest absolute Gasteiger partial charge is 0.410 e. The van der Waals surface area contributed by atoms with Crippen molar-refractivity contribution in [2.75, 3.05) is 19.7 Å². The van der Waals surface area contributed by atoms with Crippen LogP contribution in [0.4, 0.5) is 9.59 Å². The zero-order chi connectivity index (χ0) is 21.6. The number of amides is 2. The van der Waals surface area contributed by atoms with Crippen LogP contribution in [0.25, 0.3) is 0 Å². The number of hydrogen-bond donors (Lipinski definition) is 2. The Labute approximate surface area is 169 Å². The van der Waals surface area contributed by atoms with Crippen molar-refractivity contribution in [2.24, 2.45) is 0 Å². The number of carbonyl (C=O) groups excluding carboxylic acids is 2. The van der Waals surface area contributed by atoms with Crippen LogP contribution in [-0.2, 0) is 16.1 Å². The lowest BCUT2D eigenvalue weighted by atomic mass is 10.2. The molecule has 2 N–H and O–H groups in total. The van der Waals surface area contributed by atoms with E-state index in [1.54, 1.807) is 27.7 Å². The van der Waals surface area contributed by atoms with Crippen LogP contribution in [-0.4, -0.2) is 53.5 Å². The topological polar surface area (TPSA) is 88.1 Å². The van der Waals surface area contributed by atoms with E-state index in [9.17, 15) is 9.59 Å². The standard InChI is InChI=1S/C19H30N2O5.C2H6/c1-15(20-17(23)25-14-16-9-6-5-7-10-16)13-21(11-8-12-22)18(24)26-19(2,3)4;1-2/h5-7,9-10,15,22H,8,11-14H2,1-4H3,(H,20,23);1-2H3/t15-;/m0./s1. The molecule has 1 aromatic rings. The first-order valence-corrected chi connectivity index (χ1v) is 9.77. The summed E-state index contributed by atoms with van der Waals surface area (Å²) in [6.07, 6.45) is -0.588. The Balaban J connectivity index is 0.00000352. The van der Waals surface area contributed by atoms with Crippen molar-refractivity contribution in [1.29, 1.82) is 0 Å². The Kier molecular flexibility index (Phi) is 12.7. The highest BCUT2D eigenvalue weighted by Gasteiger charge is 2.23. The Morgan fingerprint density at radius 2 is 1.79 bits per heavy atom. The van der Waals surface area contributed by atoms with Gasteiger partial charge in [-0.1, -0.05) is 44.2 Å². The number of hydrogen-bond acceptors (Lipinski definition) is 5. The van der Waals surface area contributed by atoms with Crippen LogP contribution < -0.4 is 5.32 Å². The number of nitrogens with zero attached hydrogens (tertiary/aromatic N) is 1. The molecule has 0 bridgehead atoms. The van der Waals surface area contributed by atoms with Crippen molar-refractivity contribution >= 4 is 12.2 Å². The zero-order valence-electron chi connectivity index (χ0n) is 18.0. The molecule has 0 saturated carbocycles. The molecule has 0 heterocycles. The van der Waals surface area contributed by atoms with Crippen LogP contribution in [0.15, 0.2) is 30.3 Å². The van der Waals surface area contributed by atoms with E-state index in [0.717, 1.165) is 5.56 Å². The second-order valence-corrected chi connectivity index (χ2v) is 7.11. The van der Waals surface area contributed by atoms with Gasteiger partial charge in [-0.05, 0) is 39.7 Å². The fourth-order valence-electron chi connectivity index (χ4n) is 2.19. The van der Waals surface area contributed by atoms with Crippen molar-refractivity contribution in [1.82, 2.24) is 10.2 Å². The molecule has 0 fully saturated rings. The normalized spacial score (nSPS) is 11.5. The van der Waals surface area contributed by atoms with Crippen molar-refractivity contribution in [3.05, 3.63) is 35.9 Å². The molecule has 0 aliphatic carbocycles. The van der Waals surface area contributed by atoms with Gasteiger partial charge in [0.2, 0.25) is 0 Å². The van der Waals surface area contributed by atoms with Gasteiger partial charge in [-0.3, -0.25) is 0 Å². The van der Waals surface area contributed by atoms with E-state index in [1.165, 1.54) is 4.90 Å². The molecule has 1 aromatic carbocycles. The number of benzene rings is 1. The van der Waals surface area contributed by atoms with Crippen LogP contribution in [0.5, 0.6) is 0 Å². The molecule has 0 radical (unpaired) electrons. The minimum Gasteiger partial charge on any atom is -0.445 e. The fourth-order valence-corrected chi connectivity index (χ4v) is 2.19. The summed E-state index contributed by atoms with van der Waals surface area (Å²) in [6.45, 7) is 11.9. The first-order chi connectivity index (χ1) is 13.2. The van der Waals surface area contributed by atoms with E-state index >= 15 is 0 Å². The van der Waals surface area contributed by atoms with Gasteiger partial charge in [-0.2, -0.15) is 0 Å². The van der Waals surface area contributed by atoms with Crippen molar-refractivity contribution in [3.63, 3.8) is 0 Å². The molecule has 0 saturated heterocycles. The van der Waals surface area contributed by atoms with Crippen molar-refractivity contribution in [3.8, 4) is 0 Å². The minimum atomic E-state index is -0.611. The molecular formula is C21H36N2O5. The lowest BCUT2D eigenvalue weighted by molar-refractivity contribution is 0.0223. The SMILES string of the molecule is CC.C[C@@H](CN(CCCO)C(=O)OC(C)(C)C)NC(=O)OCc1ccccc1. The van der Waals surface area contributed by atoms with E-state index in [4.69, 9.17) is 14.6 Å². The summed E-state index contributed by atoms with van der Waals surface area (Å²) in [5.41, 5.74) is 0.286. The highest BCUT2D eigenvalue weighted by atomic mass is 16.6.